The van der Waals surface area contributed by atoms with Gasteiger partial charge in [0.1, 0.15) is 6.54 Å². The summed E-state index contributed by atoms with van der Waals surface area (Å²) in [6, 6.07) is 3.19. The molecule has 0 amide bonds. The van der Waals surface area contributed by atoms with Crippen molar-refractivity contribution in [3.05, 3.63) is 25.7 Å². The van der Waals surface area contributed by atoms with Gasteiger partial charge in [0.15, 0.2) is 0 Å². The van der Waals surface area contributed by atoms with E-state index in [4.69, 9.17) is 10.2 Å². The van der Waals surface area contributed by atoms with E-state index in [1.165, 1.54) is 6.07 Å². The first-order valence-corrected chi connectivity index (χ1v) is 5.97. The van der Waals surface area contributed by atoms with Crippen LogP contribution < -0.4 is 5.32 Å². The average Bonchev–Trinajstić information content (AvgIpc) is 2.19. The fourth-order valence-electron chi connectivity index (χ4n) is 1.08. The maximum absolute atomic E-state index is 11.0. The summed E-state index contributed by atoms with van der Waals surface area (Å²) in [4.78, 5) is 21.4. The number of aliphatic carboxylic acids is 1. The minimum absolute atomic E-state index is 0.0659. The lowest BCUT2D eigenvalue weighted by Crippen LogP contribution is -2.15. The van der Waals surface area contributed by atoms with E-state index in [0.29, 0.717) is 13.7 Å². The molecule has 0 saturated carbocycles. The van der Waals surface area contributed by atoms with Crippen LogP contribution in [0, 0.1) is 3.57 Å². The topological polar surface area (TPSA) is 86.6 Å². The molecule has 0 unspecified atom stereocenters. The lowest BCUT2D eigenvalue weighted by atomic mass is 10.2. The highest BCUT2D eigenvalue weighted by atomic mass is 127. The number of rotatable bonds is 4. The van der Waals surface area contributed by atoms with Crippen LogP contribution in [0.5, 0.6) is 0 Å². The van der Waals surface area contributed by atoms with Gasteiger partial charge in [-0.2, -0.15) is 0 Å². The van der Waals surface area contributed by atoms with Gasteiger partial charge in [-0.3, -0.25) is 4.79 Å². The number of carbonyl (C=O) groups is 2. The van der Waals surface area contributed by atoms with Gasteiger partial charge >= 0.3 is 11.9 Å². The van der Waals surface area contributed by atoms with Gasteiger partial charge in [0.25, 0.3) is 0 Å². The van der Waals surface area contributed by atoms with Crippen LogP contribution in [0.4, 0.5) is 5.69 Å². The van der Waals surface area contributed by atoms with Crippen molar-refractivity contribution in [2.24, 2.45) is 0 Å². The average molecular weight is 400 g/mol. The summed E-state index contributed by atoms with van der Waals surface area (Å²) in [5.41, 5.74) is 0.360. The summed E-state index contributed by atoms with van der Waals surface area (Å²) in [6.07, 6.45) is 0. The summed E-state index contributed by atoms with van der Waals surface area (Å²) < 4.78 is 1.19. The van der Waals surface area contributed by atoms with Gasteiger partial charge < -0.3 is 15.5 Å². The van der Waals surface area contributed by atoms with Crippen molar-refractivity contribution < 1.29 is 19.8 Å². The first-order valence-electron chi connectivity index (χ1n) is 4.10. The van der Waals surface area contributed by atoms with Crippen LogP contribution in [-0.2, 0) is 4.79 Å². The molecule has 0 aliphatic rings. The fourth-order valence-corrected chi connectivity index (χ4v) is 2.11. The number of hydrogen-bond acceptors (Lipinski definition) is 3. The van der Waals surface area contributed by atoms with Crippen LogP contribution in [-0.4, -0.2) is 28.7 Å². The van der Waals surface area contributed by atoms with E-state index in [-0.39, 0.29) is 12.1 Å². The van der Waals surface area contributed by atoms with Crippen LogP contribution in [0.2, 0.25) is 0 Å². The molecule has 1 rings (SSSR count). The summed E-state index contributed by atoms with van der Waals surface area (Å²) in [5.74, 6) is -2.15. The minimum Gasteiger partial charge on any atom is -0.480 e. The molecule has 0 fully saturated rings. The van der Waals surface area contributed by atoms with E-state index in [1.807, 2.05) is 22.6 Å². The molecule has 0 aliphatic heterocycles. The van der Waals surface area contributed by atoms with Gasteiger partial charge in [0.2, 0.25) is 0 Å². The standard InChI is InChI=1S/C9H7BrINO4/c10-4-1-2-5(12-3-6(13)14)7(8(4)11)9(15)16/h1-2,12H,3H2,(H,13,14)(H,15,16). The molecular weight excluding hydrogens is 393 g/mol. The van der Waals surface area contributed by atoms with Gasteiger partial charge in [-0.1, -0.05) is 0 Å². The minimum atomic E-state index is -1.10. The SMILES string of the molecule is O=C(O)CNc1ccc(Br)c(I)c1C(=O)O. The van der Waals surface area contributed by atoms with Crippen molar-refractivity contribution in [1.82, 2.24) is 0 Å². The van der Waals surface area contributed by atoms with Crippen molar-refractivity contribution in [1.29, 1.82) is 0 Å². The van der Waals surface area contributed by atoms with Gasteiger partial charge in [0.05, 0.1) is 11.3 Å². The van der Waals surface area contributed by atoms with Crippen molar-refractivity contribution in [2.45, 2.75) is 0 Å². The van der Waals surface area contributed by atoms with Crippen molar-refractivity contribution in [3.8, 4) is 0 Å². The maximum Gasteiger partial charge on any atom is 0.338 e. The number of carboxylic acids is 2. The molecule has 1 aromatic rings. The van der Waals surface area contributed by atoms with Crippen molar-refractivity contribution >= 4 is 56.1 Å². The number of benzene rings is 1. The van der Waals surface area contributed by atoms with E-state index >= 15 is 0 Å². The zero-order valence-corrected chi connectivity index (χ0v) is 11.6. The summed E-state index contributed by atoms with van der Waals surface area (Å²) in [6.45, 7) is -0.321. The lowest BCUT2D eigenvalue weighted by molar-refractivity contribution is -0.134. The number of carboxylic acid groups (broad SMARTS) is 2. The summed E-state index contributed by atoms with van der Waals surface area (Å²) in [5, 5.41) is 20.1. The molecule has 0 aliphatic carbocycles. The Balaban J connectivity index is 3.13. The predicted molar refractivity (Wildman–Crippen MR) is 69.9 cm³/mol. The van der Waals surface area contributed by atoms with Crippen LogP contribution in [0.1, 0.15) is 10.4 Å². The molecular formula is C9H7BrINO4. The first kappa shape index (κ1) is 13.2. The monoisotopic (exact) mass is 399 g/mol. The fraction of sp³-hybridized carbons (Fsp3) is 0.111. The largest absolute Gasteiger partial charge is 0.480 e. The molecule has 0 radical (unpaired) electrons. The van der Waals surface area contributed by atoms with E-state index in [1.54, 1.807) is 6.07 Å². The number of anilines is 1. The van der Waals surface area contributed by atoms with Gasteiger partial charge in [-0.25, -0.2) is 4.79 Å². The van der Waals surface area contributed by atoms with Crippen LogP contribution in [0.3, 0.4) is 0 Å². The smallest absolute Gasteiger partial charge is 0.338 e. The third-order valence-electron chi connectivity index (χ3n) is 1.74. The van der Waals surface area contributed by atoms with Gasteiger partial charge in [0, 0.05) is 8.04 Å². The van der Waals surface area contributed by atoms with E-state index in [2.05, 4.69) is 21.2 Å². The van der Waals surface area contributed by atoms with E-state index < -0.39 is 11.9 Å². The Morgan fingerprint density at radius 3 is 2.50 bits per heavy atom. The molecule has 7 heteroatoms. The number of halogens is 2. The molecule has 0 atom stereocenters. The highest BCUT2D eigenvalue weighted by Gasteiger charge is 2.16. The third-order valence-corrected chi connectivity index (χ3v) is 4.26. The van der Waals surface area contributed by atoms with Crippen molar-refractivity contribution in [2.75, 3.05) is 11.9 Å². The molecule has 0 spiro atoms. The Bertz CT molecular complexity index is 449. The second kappa shape index (κ2) is 5.48. The maximum atomic E-state index is 11.0. The van der Waals surface area contributed by atoms with Gasteiger partial charge in [-0.15, -0.1) is 0 Å². The normalized spacial score (nSPS) is 9.88. The zero-order valence-electron chi connectivity index (χ0n) is 7.83. The number of hydrogen-bond donors (Lipinski definition) is 3. The van der Waals surface area contributed by atoms with Crippen LogP contribution in [0.15, 0.2) is 16.6 Å². The molecule has 5 nitrogen and oxygen atoms in total. The number of nitrogens with one attached hydrogen (secondary N) is 1. The Morgan fingerprint density at radius 1 is 1.38 bits per heavy atom. The molecule has 0 saturated heterocycles. The Hall–Kier alpha value is -0.830. The molecule has 16 heavy (non-hydrogen) atoms. The van der Waals surface area contributed by atoms with Gasteiger partial charge in [-0.05, 0) is 50.7 Å². The molecule has 0 bridgehead atoms. The zero-order chi connectivity index (χ0) is 12.3. The Labute approximate surface area is 113 Å². The second-order valence-electron chi connectivity index (χ2n) is 2.84. The molecule has 3 N–H and O–H groups in total. The highest BCUT2D eigenvalue weighted by Crippen LogP contribution is 2.28. The van der Waals surface area contributed by atoms with Crippen molar-refractivity contribution in [3.63, 3.8) is 0 Å². The molecule has 0 aromatic heterocycles. The summed E-state index contributed by atoms with van der Waals surface area (Å²) >= 11 is 5.10. The van der Waals surface area contributed by atoms with E-state index in [0.717, 1.165) is 0 Å². The van der Waals surface area contributed by atoms with E-state index in [9.17, 15) is 9.59 Å². The first-order chi connectivity index (χ1) is 7.43. The molecule has 86 valence electrons. The second-order valence-corrected chi connectivity index (χ2v) is 4.77. The highest BCUT2D eigenvalue weighted by molar-refractivity contribution is 14.1. The Morgan fingerprint density at radius 2 is 2.00 bits per heavy atom. The Kier molecular flexibility index (Phi) is 4.54. The lowest BCUT2D eigenvalue weighted by Gasteiger charge is -2.10. The van der Waals surface area contributed by atoms with Crippen LogP contribution in [0.25, 0.3) is 0 Å². The number of aromatic carboxylic acids is 1. The molecule has 0 heterocycles. The molecule has 1 aromatic carbocycles. The predicted octanol–water partition coefficient (Wildman–Crippen LogP) is 2.25. The quantitative estimate of drug-likeness (QED) is 0.676. The summed E-state index contributed by atoms with van der Waals surface area (Å²) in [7, 11) is 0. The third kappa shape index (κ3) is 3.08. The van der Waals surface area contributed by atoms with Crippen LogP contribution >= 0.6 is 38.5 Å².